The van der Waals surface area contributed by atoms with Gasteiger partial charge in [-0.1, -0.05) is 22.0 Å². The van der Waals surface area contributed by atoms with Gasteiger partial charge in [0.25, 0.3) is 0 Å². The Kier molecular flexibility index (Phi) is 6.57. The zero-order valence-electron chi connectivity index (χ0n) is 13.8. The molecule has 25 heavy (non-hydrogen) atoms. The molecule has 0 heterocycles. The monoisotopic (exact) mass is 427 g/mol. The summed E-state index contributed by atoms with van der Waals surface area (Å²) < 4.78 is 37.5. The molecule has 0 saturated carbocycles. The molecule has 8 heteroatoms. The van der Waals surface area contributed by atoms with Crippen molar-refractivity contribution in [1.82, 2.24) is 4.31 Å². The number of nitrogens with zero attached hydrogens (tertiary/aromatic N) is 1. The van der Waals surface area contributed by atoms with Crippen LogP contribution < -0.4 is 4.74 Å². The average molecular weight is 428 g/mol. The van der Waals surface area contributed by atoms with E-state index >= 15 is 0 Å². The van der Waals surface area contributed by atoms with Gasteiger partial charge in [-0.05, 0) is 42.5 Å². The maximum atomic E-state index is 12.6. The number of sulfonamides is 1. The van der Waals surface area contributed by atoms with Crippen molar-refractivity contribution < 1.29 is 22.7 Å². The summed E-state index contributed by atoms with van der Waals surface area (Å²) in [7, 11) is -1.02. The summed E-state index contributed by atoms with van der Waals surface area (Å²) in [4.78, 5) is 11.6. The van der Waals surface area contributed by atoms with Gasteiger partial charge in [0.2, 0.25) is 10.0 Å². The summed E-state index contributed by atoms with van der Waals surface area (Å²) in [6, 6.07) is 13.0. The number of hydrogen-bond donors (Lipinski definition) is 0. The Hall–Kier alpha value is -1.90. The van der Waals surface area contributed by atoms with Crippen LogP contribution in [0.15, 0.2) is 57.9 Å². The summed E-state index contributed by atoms with van der Waals surface area (Å²) in [6.07, 6.45) is 0. The standard InChI is InChI=1S/C17H18BrNO5S/c1-19(10-11-24-15-8-6-14(18)7-9-15)25(21,22)16-5-3-4-13(12-16)17(20)23-2/h3-9,12H,10-11H2,1-2H3. The fraction of sp³-hybridized carbons (Fsp3) is 0.235. The molecule has 6 nitrogen and oxygen atoms in total. The van der Waals surface area contributed by atoms with Crippen molar-refractivity contribution in [2.45, 2.75) is 4.90 Å². The van der Waals surface area contributed by atoms with Crippen LogP contribution in [0.5, 0.6) is 5.75 Å². The van der Waals surface area contributed by atoms with Gasteiger partial charge in [0.15, 0.2) is 0 Å². The van der Waals surface area contributed by atoms with Crippen molar-refractivity contribution in [3.05, 3.63) is 58.6 Å². The number of carbonyl (C=O) groups excluding carboxylic acids is 1. The molecule has 2 aromatic carbocycles. The summed E-state index contributed by atoms with van der Waals surface area (Å²) in [5, 5.41) is 0. The molecule has 0 atom stereocenters. The third-order valence-corrected chi connectivity index (χ3v) is 5.83. The summed E-state index contributed by atoms with van der Waals surface area (Å²) in [5.41, 5.74) is 0.183. The lowest BCUT2D eigenvalue weighted by atomic mass is 10.2. The fourth-order valence-corrected chi connectivity index (χ4v) is 3.49. The van der Waals surface area contributed by atoms with Gasteiger partial charge in [-0.2, -0.15) is 4.31 Å². The van der Waals surface area contributed by atoms with E-state index in [1.165, 1.54) is 42.7 Å². The van der Waals surface area contributed by atoms with E-state index in [0.717, 1.165) is 4.47 Å². The molecule has 0 unspecified atom stereocenters. The highest BCUT2D eigenvalue weighted by atomic mass is 79.9. The molecule has 2 rings (SSSR count). The molecule has 0 fully saturated rings. The van der Waals surface area contributed by atoms with E-state index in [0.29, 0.717) is 5.75 Å². The lowest BCUT2D eigenvalue weighted by Gasteiger charge is -2.18. The number of esters is 1. The molecule has 0 N–H and O–H groups in total. The number of benzene rings is 2. The SMILES string of the molecule is COC(=O)c1cccc(S(=O)(=O)N(C)CCOc2ccc(Br)cc2)c1. The first kappa shape index (κ1) is 19.4. The van der Waals surface area contributed by atoms with Crippen molar-refractivity contribution in [3.63, 3.8) is 0 Å². The Balaban J connectivity index is 2.03. The lowest BCUT2D eigenvalue weighted by Crippen LogP contribution is -2.31. The average Bonchev–Trinajstić information content (AvgIpc) is 2.62. The lowest BCUT2D eigenvalue weighted by molar-refractivity contribution is 0.0600. The number of methoxy groups -OCH3 is 1. The second-order valence-corrected chi connectivity index (χ2v) is 8.11. The number of halogens is 1. The molecule has 0 radical (unpaired) electrons. The van der Waals surface area contributed by atoms with Gasteiger partial charge in [0, 0.05) is 18.1 Å². The first-order chi connectivity index (χ1) is 11.8. The van der Waals surface area contributed by atoms with Crippen LogP contribution >= 0.6 is 15.9 Å². The van der Waals surface area contributed by atoms with Crippen LogP contribution in [0.3, 0.4) is 0 Å². The van der Waals surface area contributed by atoms with E-state index in [2.05, 4.69) is 20.7 Å². The number of carbonyl (C=O) groups is 1. The molecule has 0 aromatic heterocycles. The number of hydrogen-bond acceptors (Lipinski definition) is 5. The molecule has 0 amide bonds. The van der Waals surface area contributed by atoms with Crippen LogP contribution in [0, 0.1) is 0 Å². The zero-order valence-corrected chi connectivity index (χ0v) is 16.2. The highest BCUT2D eigenvalue weighted by Gasteiger charge is 2.22. The maximum Gasteiger partial charge on any atom is 0.337 e. The number of ether oxygens (including phenoxy) is 2. The van der Waals surface area contributed by atoms with Crippen molar-refractivity contribution >= 4 is 31.9 Å². The molecule has 0 aliphatic rings. The smallest absolute Gasteiger partial charge is 0.337 e. The molecule has 0 spiro atoms. The van der Waals surface area contributed by atoms with Crippen LogP contribution in [-0.4, -0.2) is 46.0 Å². The van der Waals surface area contributed by atoms with Crippen LogP contribution in [0.25, 0.3) is 0 Å². The molecular weight excluding hydrogens is 410 g/mol. The van der Waals surface area contributed by atoms with E-state index in [1.807, 2.05) is 12.1 Å². The van der Waals surface area contributed by atoms with E-state index in [-0.39, 0.29) is 23.6 Å². The number of likely N-dealkylation sites (N-methyl/N-ethyl adjacent to an activating group) is 1. The minimum Gasteiger partial charge on any atom is -0.492 e. The van der Waals surface area contributed by atoms with Gasteiger partial charge in [0.05, 0.1) is 17.6 Å². The second kappa shape index (κ2) is 8.46. The molecule has 134 valence electrons. The molecular formula is C17H18BrNO5S. The van der Waals surface area contributed by atoms with Crippen LogP contribution in [0.4, 0.5) is 0 Å². The van der Waals surface area contributed by atoms with E-state index in [9.17, 15) is 13.2 Å². The Morgan fingerprint density at radius 3 is 2.48 bits per heavy atom. The van der Waals surface area contributed by atoms with Crippen LogP contribution in [-0.2, 0) is 14.8 Å². The molecule has 0 aliphatic carbocycles. The minimum atomic E-state index is -3.73. The molecule has 0 bridgehead atoms. The van der Waals surface area contributed by atoms with Gasteiger partial charge in [-0.3, -0.25) is 0 Å². The Morgan fingerprint density at radius 2 is 1.84 bits per heavy atom. The predicted molar refractivity (Wildman–Crippen MR) is 97.2 cm³/mol. The topological polar surface area (TPSA) is 72.9 Å². The predicted octanol–water partition coefficient (Wildman–Crippen LogP) is 2.94. The van der Waals surface area contributed by atoms with Gasteiger partial charge in [-0.25, -0.2) is 13.2 Å². The second-order valence-electron chi connectivity index (χ2n) is 5.15. The van der Waals surface area contributed by atoms with E-state index < -0.39 is 16.0 Å². The molecule has 0 aliphatic heterocycles. The highest BCUT2D eigenvalue weighted by Crippen LogP contribution is 2.18. The third-order valence-electron chi connectivity index (χ3n) is 3.45. The number of rotatable bonds is 7. The first-order valence-electron chi connectivity index (χ1n) is 7.37. The van der Waals surface area contributed by atoms with Crippen molar-refractivity contribution in [1.29, 1.82) is 0 Å². The summed E-state index contributed by atoms with van der Waals surface area (Å²) >= 11 is 3.33. The fourth-order valence-electron chi connectivity index (χ4n) is 2.02. The Morgan fingerprint density at radius 1 is 1.16 bits per heavy atom. The van der Waals surface area contributed by atoms with Crippen LogP contribution in [0.1, 0.15) is 10.4 Å². The van der Waals surface area contributed by atoms with E-state index in [4.69, 9.17) is 4.74 Å². The largest absolute Gasteiger partial charge is 0.492 e. The maximum absolute atomic E-state index is 12.6. The van der Waals surface area contributed by atoms with Gasteiger partial charge in [-0.15, -0.1) is 0 Å². The zero-order chi connectivity index (χ0) is 18.4. The third kappa shape index (κ3) is 5.04. The van der Waals surface area contributed by atoms with Crippen molar-refractivity contribution in [3.8, 4) is 5.75 Å². The quantitative estimate of drug-likeness (QED) is 0.635. The molecule has 2 aromatic rings. The Bertz CT molecular complexity index is 836. The Labute approximate surface area is 155 Å². The minimum absolute atomic E-state index is 0.0292. The van der Waals surface area contributed by atoms with Gasteiger partial charge >= 0.3 is 5.97 Å². The molecule has 0 saturated heterocycles. The normalized spacial score (nSPS) is 11.4. The van der Waals surface area contributed by atoms with Crippen LogP contribution in [0.2, 0.25) is 0 Å². The summed E-state index contributed by atoms with van der Waals surface area (Å²) in [6.45, 7) is 0.370. The summed E-state index contributed by atoms with van der Waals surface area (Å²) in [5.74, 6) is 0.0694. The van der Waals surface area contributed by atoms with Gasteiger partial charge < -0.3 is 9.47 Å². The first-order valence-corrected chi connectivity index (χ1v) is 9.61. The van der Waals surface area contributed by atoms with Crippen molar-refractivity contribution in [2.24, 2.45) is 0 Å². The van der Waals surface area contributed by atoms with Gasteiger partial charge in [0.1, 0.15) is 12.4 Å². The van der Waals surface area contributed by atoms with Crippen molar-refractivity contribution in [2.75, 3.05) is 27.3 Å². The van der Waals surface area contributed by atoms with E-state index in [1.54, 1.807) is 12.1 Å². The highest BCUT2D eigenvalue weighted by molar-refractivity contribution is 9.10.